The van der Waals surface area contributed by atoms with Crippen molar-refractivity contribution in [3.63, 3.8) is 0 Å². The minimum atomic E-state index is -0.291. The molecule has 0 spiro atoms. The summed E-state index contributed by atoms with van der Waals surface area (Å²) in [5.74, 6) is 0.555. The summed E-state index contributed by atoms with van der Waals surface area (Å²) in [6.07, 6.45) is 0. The van der Waals surface area contributed by atoms with Gasteiger partial charge in [-0.1, -0.05) is 12.1 Å². The van der Waals surface area contributed by atoms with E-state index in [0.29, 0.717) is 24.6 Å². The number of methoxy groups -OCH3 is 1. The molecule has 0 saturated heterocycles. The first-order valence-electron chi connectivity index (χ1n) is 8.00. The Morgan fingerprint density at radius 1 is 1.12 bits per heavy atom. The SMILES string of the molecule is COCc1ccc(C(=O)NCc2ccc(NC(=O)NC(C)C)cc2)o1. The Hall–Kier alpha value is -2.80. The first-order chi connectivity index (χ1) is 12.0. The van der Waals surface area contributed by atoms with Gasteiger partial charge in [0.2, 0.25) is 0 Å². The van der Waals surface area contributed by atoms with E-state index >= 15 is 0 Å². The standard InChI is InChI=1S/C18H23N3O4/c1-12(2)20-18(23)21-14-6-4-13(5-7-14)10-19-17(22)16-9-8-15(25-16)11-24-3/h4-9,12H,10-11H2,1-3H3,(H,19,22)(H2,20,21,23). The van der Waals surface area contributed by atoms with E-state index in [4.69, 9.17) is 9.15 Å². The number of hydrogen-bond donors (Lipinski definition) is 3. The van der Waals surface area contributed by atoms with E-state index in [1.54, 1.807) is 31.4 Å². The third-order valence-corrected chi connectivity index (χ3v) is 3.26. The Bertz CT molecular complexity index is 707. The van der Waals surface area contributed by atoms with E-state index in [2.05, 4.69) is 16.0 Å². The lowest BCUT2D eigenvalue weighted by Crippen LogP contribution is -2.34. The highest BCUT2D eigenvalue weighted by Crippen LogP contribution is 2.11. The number of ether oxygens (including phenoxy) is 1. The van der Waals surface area contributed by atoms with E-state index in [1.807, 2.05) is 26.0 Å². The quantitative estimate of drug-likeness (QED) is 0.719. The van der Waals surface area contributed by atoms with Crippen LogP contribution in [0.25, 0.3) is 0 Å². The van der Waals surface area contributed by atoms with E-state index < -0.39 is 0 Å². The number of nitrogens with one attached hydrogen (secondary N) is 3. The second-order valence-electron chi connectivity index (χ2n) is 5.83. The van der Waals surface area contributed by atoms with Gasteiger partial charge in [0, 0.05) is 25.4 Å². The average Bonchev–Trinajstić information content (AvgIpc) is 3.02. The molecule has 0 aliphatic rings. The Morgan fingerprint density at radius 3 is 2.48 bits per heavy atom. The third-order valence-electron chi connectivity index (χ3n) is 3.26. The fourth-order valence-electron chi connectivity index (χ4n) is 2.12. The number of furan rings is 1. The molecule has 0 fully saturated rings. The molecule has 1 aromatic carbocycles. The Kier molecular flexibility index (Phi) is 6.59. The summed E-state index contributed by atoms with van der Waals surface area (Å²) < 4.78 is 10.3. The minimum Gasteiger partial charge on any atom is -0.453 e. The van der Waals surface area contributed by atoms with Crippen LogP contribution in [0.3, 0.4) is 0 Å². The van der Waals surface area contributed by atoms with Crippen molar-refractivity contribution < 1.29 is 18.7 Å². The van der Waals surface area contributed by atoms with Gasteiger partial charge in [0.1, 0.15) is 12.4 Å². The fourth-order valence-corrected chi connectivity index (χ4v) is 2.12. The molecular formula is C18H23N3O4. The van der Waals surface area contributed by atoms with E-state index in [-0.39, 0.29) is 23.7 Å². The average molecular weight is 345 g/mol. The third kappa shape index (κ3) is 5.96. The highest BCUT2D eigenvalue weighted by atomic mass is 16.5. The molecule has 3 N–H and O–H groups in total. The molecule has 0 atom stereocenters. The molecule has 0 unspecified atom stereocenters. The van der Waals surface area contributed by atoms with Crippen LogP contribution in [0.5, 0.6) is 0 Å². The lowest BCUT2D eigenvalue weighted by molar-refractivity contribution is 0.0914. The van der Waals surface area contributed by atoms with Crippen molar-refractivity contribution in [3.05, 3.63) is 53.5 Å². The highest BCUT2D eigenvalue weighted by molar-refractivity contribution is 5.91. The second kappa shape index (κ2) is 8.89. The van der Waals surface area contributed by atoms with Crippen LogP contribution < -0.4 is 16.0 Å². The molecule has 2 aromatic rings. The first kappa shape index (κ1) is 18.5. The first-order valence-corrected chi connectivity index (χ1v) is 8.00. The second-order valence-corrected chi connectivity index (χ2v) is 5.83. The van der Waals surface area contributed by atoms with Crippen molar-refractivity contribution in [1.82, 2.24) is 10.6 Å². The van der Waals surface area contributed by atoms with Crippen LogP contribution in [0.15, 0.2) is 40.8 Å². The van der Waals surface area contributed by atoms with E-state index in [9.17, 15) is 9.59 Å². The van der Waals surface area contributed by atoms with Gasteiger partial charge in [-0.05, 0) is 43.7 Å². The molecule has 0 aliphatic carbocycles. The number of amides is 3. The number of carbonyl (C=O) groups is 2. The molecule has 0 bridgehead atoms. The van der Waals surface area contributed by atoms with Gasteiger partial charge in [-0.3, -0.25) is 4.79 Å². The number of carbonyl (C=O) groups excluding carboxylic acids is 2. The number of benzene rings is 1. The highest BCUT2D eigenvalue weighted by Gasteiger charge is 2.11. The van der Waals surface area contributed by atoms with Crippen molar-refractivity contribution in [2.45, 2.75) is 33.0 Å². The number of hydrogen-bond acceptors (Lipinski definition) is 4. The Balaban J connectivity index is 1.84. The van der Waals surface area contributed by atoms with Crippen molar-refractivity contribution in [2.24, 2.45) is 0 Å². The van der Waals surface area contributed by atoms with Gasteiger partial charge in [0.15, 0.2) is 5.76 Å². The van der Waals surface area contributed by atoms with Crippen LogP contribution in [0, 0.1) is 0 Å². The van der Waals surface area contributed by atoms with Crippen molar-refractivity contribution in [1.29, 1.82) is 0 Å². The maximum atomic E-state index is 12.0. The fraction of sp³-hybridized carbons (Fsp3) is 0.333. The summed E-state index contributed by atoms with van der Waals surface area (Å²) in [7, 11) is 1.56. The number of anilines is 1. The summed E-state index contributed by atoms with van der Waals surface area (Å²) in [5, 5.41) is 8.27. The molecule has 134 valence electrons. The van der Waals surface area contributed by atoms with Gasteiger partial charge in [-0.2, -0.15) is 0 Å². The summed E-state index contributed by atoms with van der Waals surface area (Å²) >= 11 is 0. The largest absolute Gasteiger partial charge is 0.453 e. The lowest BCUT2D eigenvalue weighted by atomic mass is 10.2. The molecule has 25 heavy (non-hydrogen) atoms. The number of rotatable bonds is 7. The summed E-state index contributed by atoms with van der Waals surface area (Å²) in [6, 6.07) is 10.4. The zero-order chi connectivity index (χ0) is 18.2. The van der Waals surface area contributed by atoms with Gasteiger partial charge in [0.25, 0.3) is 5.91 Å². The van der Waals surface area contributed by atoms with Crippen LogP contribution in [0.4, 0.5) is 10.5 Å². The smallest absolute Gasteiger partial charge is 0.319 e. The zero-order valence-electron chi connectivity index (χ0n) is 14.6. The molecule has 2 rings (SSSR count). The zero-order valence-corrected chi connectivity index (χ0v) is 14.6. The monoisotopic (exact) mass is 345 g/mol. The maximum absolute atomic E-state index is 12.0. The van der Waals surface area contributed by atoms with Gasteiger partial charge < -0.3 is 25.1 Å². The topological polar surface area (TPSA) is 92.6 Å². The van der Waals surface area contributed by atoms with Gasteiger partial charge in [0.05, 0.1) is 0 Å². The normalized spacial score (nSPS) is 10.6. The van der Waals surface area contributed by atoms with Crippen molar-refractivity contribution >= 4 is 17.6 Å². The summed E-state index contributed by atoms with van der Waals surface area (Å²) in [6.45, 7) is 4.47. The van der Waals surface area contributed by atoms with E-state index in [0.717, 1.165) is 5.56 Å². The molecule has 1 aromatic heterocycles. The van der Waals surface area contributed by atoms with Gasteiger partial charge in [-0.25, -0.2) is 4.79 Å². The predicted molar refractivity (Wildman–Crippen MR) is 94.3 cm³/mol. The molecular weight excluding hydrogens is 322 g/mol. The number of urea groups is 1. The van der Waals surface area contributed by atoms with Crippen molar-refractivity contribution in [2.75, 3.05) is 12.4 Å². The molecule has 0 aliphatic heterocycles. The summed E-state index contributed by atoms with van der Waals surface area (Å²) in [4.78, 5) is 23.7. The Labute approximate surface area is 146 Å². The molecule has 0 saturated carbocycles. The predicted octanol–water partition coefficient (Wildman–Crippen LogP) is 2.89. The van der Waals surface area contributed by atoms with E-state index in [1.165, 1.54) is 0 Å². The minimum absolute atomic E-state index is 0.0699. The Morgan fingerprint density at radius 2 is 1.84 bits per heavy atom. The maximum Gasteiger partial charge on any atom is 0.319 e. The summed E-state index contributed by atoms with van der Waals surface area (Å²) in [5.41, 5.74) is 1.59. The molecule has 1 heterocycles. The molecule has 7 heteroatoms. The molecule has 0 radical (unpaired) electrons. The molecule has 7 nitrogen and oxygen atoms in total. The van der Waals surface area contributed by atoms with Crippen LogP contribution in [0.1, 0.15) is 35.7 Å². The lowest BCUT2D eigenvalue weighted by Gasteiger charge is -2.10. The van der Waals surface area contributed by atoms with Crippen LogP contribution in [-0.4, -0.2) is 25.1 Å². The van der Waals surface area contributed by atoms with Gasteiger partial charge in [-0.15, -0.1) is 0 Å². The van der Waals surface area contributed by atoms with Crippen LogP contribution >= 0.6 is 0 Å². The van der Waals surface area contributed by atoms with Crippen LogP contribution in [-0.2, 0) is 17.9 Å². The van der Waals surface area contributed by atoms with Crippen LogP contribution in [0.2, 0.25) is 0 Å². The van der Waals surface area contributed by atoms with Crippen molar-refractivity contribution in [3.8, 4) is 0 Å². The van der Waals surface area contributed by atoms with Gasteiger partial charge >= 0.3 is 6.03 Å². The molecule has 3 amide bonds.